The van der Waals surface area contributed by atoms with E-state index in [2.05, 4.69) is 4.90 Å². The monoisotopic (exact) mass is 405 g/mol. The molecule has 2 fully saturated rings. The second-order valence-electron chi connectivity index (χ2n) is 8.22. The van der Waals surface area contributed by atoms with E-state index in [1.54, 1.807) is 0 Å². The van der Waals surface area contributed by atoms with Crippen LogP contribution in [0.4, 0.5) is 13.2 Å². The second kappa shape index (κ2) is 8.09. The van der Waals surface area contributed by atoms with Gasteiger partial charge < -0.3 is 9.84 Å². The first-order valence-corrected chi connectivity index (χ1v) is 10.1. The number of ether oxygens (including phenoxy) is 1. The van der Waals surface area contributed by atoms with Crippen LogP contribution in [-0.2, 0) is 17.8 Å². The number of hydrogen-bond acceptors (Lipinski definition) is 3. The Hall–Kier alpha value is -1.89. The van der Waals surface area contributed by atoms with Crippen molar-refractivity contribution >= 4 is 0 Å². The number of rotatable bonds is 5. The predicted octanol–water partition coefficient (Wildman–Crippen LogP) is 4.55. The number of fused-ring (bicyclic) bond motifs is 2. The summed E-state index contributed by atoms with van der Waals surface area (Å²) in [5, 5.41) is 10.5. The van der Waals surface area contributed by atoms with Gasteiger partial charge >= 0.3 is 6.18 Å². The molecular formula is C23H26F3NO2. The fourth-order valence-corrected chi connectivity index (χ4v) is 4.82. The van der Waals surface area contributed by atoms with E-state index in [9.17, 15) is 18.3 Å². The molecule has 0 radical (unpaired) electrons. The highest BCUT2D eigenvalue weighted by Crippen LogP contribution is 2.51. The third kappa shape index (κ3) is 4.20. The Balaban J connectivity index is 1.61. The zero-order valence-electron chi connectivity index (χ0n) is 16.2. The first-order chi connectivity index (χ1) is 13.9. The van der Waals surface area contributed by atoms with Crippen molar-refractivity contribution in [1.82, 2.24) is 4.90 Å². The Kier molecular flexibility index (Phi) is 5.69. The van der Waals surface area contributed by atoms with Gasteiger partial charge in [0.2, 0.25) is 0 Å². The van der Waals surface area contributed by atoms with E-state index in [-0.39, 0.29) is 25.5 Å². The lowest BCUT2D eigenvalue weighted by Gasteiger charge is -2.53. The number of nitrogens with zero attached hydrogens (tertiary/aromatic N) is 1. The summed E-state index contributed by atoms with van der Waals surface area (Å²) in [4.78, 5) is 2.23. The van der Waals surface area contributed by atoms with Crippen LogP contribution >= 0.6 is 0 Å². The molecule has 1 saturated heterocycles. The maximum Gasteiger partial charge on any atom is 0.417 e. The number of benzene rings is 2. The van der Waals surface area contributed by atoms with Crippen molar-refractivity contribution in [1.29, 1.82) is 0 Å². The molecule has 1 saturated carbocycles. The number of alkyl halides is 3. The third-order valence-electron chi connectivity index (χ3n) is 6.37. The molecule has 3 nitrogen and oxygen atoms in total. The lowest BCUT2D eigenvalue weighted by molar-refractivity contribution is -0.323. The molecule has 1 aliphatic carbocycles. The molecule has 1 unspecified atom stereocenters. The van der Waals surface area contributed by atoms with Gasteiger partial charge in [-0.2, -0.15) is 13.2 Å². The Bertz CT molecular complexity index is 757. The van der Waals surface area contributed by atoms with Crippen molar-refractivity contribution < 1.29 is 23.0 Å². The fraction of sp³-hybridized carbons (Fsp3) is 0.478. The van der Waals surface area contributed by atoms with Crippen LogP contribution in [-0.4, -0.2) is 40.5 Å². The van der Waals surface area contributed by atoms with Crippen molar-refractivity contribution in [2.24, 2.45) is 5.92 Å². The van der Waals surface area contributed by atoms with E-state index in [0.717, 1.165) is 11.1 Å². The Labute approximate surface area is 169 Å². The largest absolute Gasteiger partial charge is 0.417 e. The minimum absolute atomic E-state index is 0.0650. The average Bonchev–Trinajstić information content (AvgIpc) is 2.71. The number of halogens is 3. The average molecular weight is 405 g/mol. The number of hydrogen-bond donors (Lipinski definition) is 1. The van der Waals surface area contributed by atoms with Crippen molar-refractivity contribution in [3.63, 3.8) is 0 Å². The summed E-state index contributed by atoms with van der Waals surface area (Å²) in [6.07, 6.45) is -5.20. The predicted molar refractivity (Wildman–Crippen MR) is 104 cm³/mol. The molecule has 1 aliphatic heterocycles. The van der Waals surface area contributed by atoms with Crippen LogP contribution in [0.3, 0.4) is 0 Å². The van der Waals surface area contributed by atoms with E-state index >= 15 is 0 Å². The molecule has 2 bridgehead atoms. The van der Waals surface area contributed by atoms with Gasteiger partial charge in [-0.05, 0) is 30.4 Å². The topological polar surface area (TPSA) is 32.7 Å². The summed E-state index contributed by atoms with van der Waals surface area (Å²) in [7, 11) is 0. The third-order valence-corrected chi connectivity index (χ3v) is 6.37. The van der Waals surface area contributed by atoms with Crippen molar-refractivity contribution in [2.45, 2.75) is 56.3 Å². The molecule has 2 aromatic carbocycles. The van der Waals surface area contributed by atoms with Crippen LogP contribution < -0.4 is 0 Å². The van der Waals surface area contributed by atoms with Crippen LogP contribution in [0.1, 0.15) is 30.4 Å². The molecule has 0 spiro atoms. The van der Waals surface area contributed by atoms with Gasteiger partial charge in [0.1, 0.15) is 0 Å². The SMILES string of the molecule is O[C@@H]1CO[C@]2(C(F)(F)F)CC[C@@H](N(Cc3ccccc3)Cc3ccccc3)C1C2. The standard InChI is InChI=1S/C23H26F3NO2/c24-23(25,26)22-12-11-20(19(13-22)21(28)16-29-22)27(14-17-7-3-1-4-8-17)15-18-9-5-2-6-10-18/h1-10,19-21,28H,11-16H2/t19?,20-,21-,22-/m1/s1. The van der Waals surface area contributed by atoms with Crippen molar-refractivity contribution in [3.8, 4) is 0 Å². The van der Waals surface area contributed by atoms with Gasteiger partial charge in [-0.25, -0.2) is 0 Å². The summed E-state index contributed by atoms with van der Waals surface area (Å²) in [6.45, 7) is 0.998. The first kappa shape index (κ1) is 20.4. The lowest BCUT2D eigenvalue weighted by atomic mass is 9.69. The molecule has 6 heteroatoms. The first-order valence-electron chi connectivity index (χ1n) is 10.1. The van der Waals surface area contributed by atoms with E-state index in [1.807, 2.05) is 60.7 Å². The normalized spacial score (nSPS) is 29.8. The Morgan fingerprint density at radius 2 is 1.52 bits per heavy atom. The van der Waals surface area contributed by atoms with Gasteiger partial charge in [0.15, 0.2) is 5.60 Å². The fourth-order valence-electron chi connectivity index (χ4n) is 4.82. The minimum atomic E-state index is -4.42. The van der Waals surface area contributed by atoms with Gasteiger partial charge in [0.25, 0.3) is 0 Å². The van der Waals surface area contributed by atoms with E-state index in [1.165, 1.54) is 0 Å². The molecule has 4 atom stereocenters. The molecular weight excluding hydrogens is 379 g/mol. The molecule has 2 aliphatic rings. The van der Waals surface area contributed by atoms with Gasteiger partial charge in [-0.1, -0.05) is 60.7 Å². The zero-order chi connectivity index (χ0) is 20.5. The van der Waals surface area contributed by atoms with Crippen LogP contribution in [0.2, 0.25) is 0 Å². The van der Waals surface area contributed by atoms with Crippen LogP contribution in [0, 0.1) is 5.92 Å². The van der Waals surface area contributed by atoms with Crippen LogP contribution in [0.25, 0.3) is 0 Å². The highest BCUT2D eigenvalue weighted by molar-refractivity contribution is 5.18. The summed E-state index contributed by atoms with van der Waals surface area (Å²) in [5.41, 5.74) is 0.105. The molecule has 0 amide bonds. The van der Waals surface area contributed by atoms with E-state index < -0.39 is 23.8 Å². The van der Waals surface area contributed by atoms with E-state index in [0.29, 0.717) is 19.5 Å². The number of aliphatic hydroxyl groups is 1. The molecule has 1 N–H and O–H groups in total. The summed E-state index contributed by atoms with van der Waals surface area (Å²) >= 11 is 0. The zero-order valence-corrected chi connectivity index (χ0v) is 16.2. The maximum absolute atomic E-state index is 13.7. The highest BCUT2D eigenvalue weighted by atomic mass is 19.4. The molecule has 2 aromatic rings. The summed E-state index contributed by atoms with van der Waals surface area (Å²) < 4.78 is 46.4. The van der Waals surface area contributed by atoms with Crippen molar-refractivity contribution in [2.75, 3.05) is 6.61 Å². The Morgan fingerprint density at radius 1 is 0.966 bits per heavy atom. The quantitative estimate of drug-likeness (QED) is 0.792. The van der Waals surface area contributed by atoms with Gasteiger partial charge in [-0.15, -0.1) is 0 Å². The molecule has 4 rings (SSSR count). The van der Waals surface area contributed by atoms with Gasteiger partial charge in [0, 0.05) is 25.0 Å². The van der Waals surface area contributed by atoms with Gasteiger partial charge in [-0.3, -0.25) is 4.90 Å². The molecule has 29 heavy (non-hydrogen) atoms. The second-order valence-corrected chi connectivity index (χ2v) is 8.22. The van der Waals surface area contributed by atoms with E-state index in [4.69, 9.17) is 4.74 Å². The summed E-state index contributed by atoms with van der Waals surface area (Å²) in [6, 6.07) is 19.8. The van der Waals surface area contributed by atoms with Crippen molar-refractivity contribution in [3.05, 3.63) is 71.8 Å². The van der Waals surface area contributed by atoms with Crippen LogP contribution in [0.5, 0.6) is 0 Å². The smallest absolute Gasteiger partial charge is 0.390 e. The summed E-state index contributed by atoms with van der Waals surface area (Å²) in [5.74, 6) is -0.466. The lowest BCUT2D eigenvalue weighted by Crippen LogP contribution is -2.63. The van der Waals surface area contributed by atoms with Gasteiger partial charge in [0.05, 0.1) is 12.7 Å². The molecule has 0 aromatic heterocycles. The molecule has 1 heterocycles. The van der Waals surface area contributed by atoms with Crippen LogP contribution in [0.15, 0.2) is 60.7 Å². The number of aliphatic hydroxyl groups excluding tert-OH is 1. The highest BCUT2D eigenvalue weighted by Gasteiger charge is 2.62. The minimum Gasteiger partial charge on any atom is -0.390 e. The molecule has 156 valence electrons. The maximum atomic E-state index is 13.7. The Morgan fingerprint density at radius 3 is 2.03 bits per heavy atom.